The molecule has 1 saturated heterocycles. The molecule has 5 nitrogen and oxygen atoms in total. The van der Waals surface area contributed by atoms with Gasteiger partial charge in [-0.15, -0.1) is 0 Å². The summed E-state index contributed by atoms with van der Waals surface area (Å²) in [5.41, 5.74) is 8.79. The van der Waals surface area contributed by atoms with Gasteiger partial charge in [-0.3, -0.25) is 4.79 Å². The molecule has 1 fully saturated rings. The van der Waals surface area contributed by atoms with Crippen molar-refractivity contribution in [1.29, 1.82) is 0 Å². The molecule has 0 radical (unpaired) electrons. The maximum absolute atomic E-state index is 12.5. The van der Waals surface area contributed by atoms with E-state index in [1.807, 2.05) is 18.2 Å². The van der Waals surface area contributed by atoms with Gasteiger partial charge in [0.05, 0.1) is 5.39 Å². The zero-order valence-electron chi connectivity index (χ0n) is 13.3. The molecule has 0 aliphatic carbocycles. The molecule has 2 heterocycles. The molecule has 24 heavy (non-hydrogen) atoms. The van der Waals surface area contributed by atoms with Gasteiger partial charge >= 0.3 is 0 Å². The number of hydrogen-bond donors (Lipinski definition) is 2. The molecule has 122 valence electrons. The van der Waals surface area contributed by atoms with Crippen molar-refractivity contribution in [3.05, 3.63) is 58.8 Å². The lowest BCUT2D eigenvalue weighted by Crippen LogP contribution is -2.43. The molecule has 1 aliphatic rings. The number of nitrogens with one attached hydrogen (secondary N) is 1. The van der Waals surface area contributed by atoms with Crippen LogP contribution < -0.4 is 21.4 Å². The standard InChI is InChI=1S/C19H19N3O2/c20-14-5-3-7-17-19(14)16(23)12-18(24-17)13-4-1-2-6-15(13)22-10-8-21-9-11-22/h1-7,12,21H,8-11,20H2. The number of rotatable bonds is 2. The third kappa shape index (κ3) is 2.53. The van der Waals surface area contributed by atoms with Crippen LogP contribution in [0.25, 0.3) is 22.3 Å². The van der Waals surface area contributed by atoms with Gasteiger partial charge in [-0.25, -0.2) is 0 Å². The molecule has 2 aromatic carbocycles. The maximum Gasteiger partial charge on any atom is 0.195 e. The number of nitrogens with two attached hydrogens (primary N) is 1. The zero-order chi connectivity index (χ0) is 16.5. The predicted octanol–water partition coefficient (Wildman–Crippen LogP) is 2.45. The molecule has 4 rings (SSSR count). The Hall–Kier alpha value is -2.79. The fraction of sp³-hybridized carbons (Fsp3) is 0.211. The van der Waals surface area contributed by atoms with E-state index in [4.69, 9.17) is 10.2 Å². The average Bonchev–Trinajstić information content (AvgIpc) is 2.62. The van der Waals surface area contributed by atoms with Crippen molar-refractivity contribution in [2.45, 2.75) is 0 Å². The SMILES string of the molecule is Nc1cccc2oc(-c3ccccc3N3CCNCC3)cc(=O)c12. The molecule has 0 bridgehead atoms. The second kappa shape index (κ2) is 6.02. The van der Waals surface area contributed by atoms with Gasteiger partial charge < -0.3 is 20.4 Å². The first kappa shape index (κ1) is 14.8. The molecule has 0 amide bonds. The first-order valence-corrected chi connectivity index (χ1v) is 8.11. The number of piperazine rings is 1. The summed E-state index contributed by atoms with van der Waals surface area (Å²) in [7, 11) is 0. The quantitative estimate of drug-likeness (QED) is 0.710. The minimum absolute atomic E-state index is 0.112. The summed E-state index contributed by atoms with van der Waals surface area (Å²) in [4.78, 5) is 14.8. The number of nitrogens with zero attached hydrogens (tertiary/aromatic N) is 1. The molecule has 5 heteroatoms. The Morgan fingerprint density at radius 1 is 1.04 bits per heavy atom. The van der Waals surface area contributed by atoms with Crippen molar-refractivity contribution in [3.8, 4) is 11.3 Å². The second-order valence-corrected chi connectivity index (χ2v) is 5.95. The number of benzene rings is 2. The average molecular weight is 321 g/mol. The number of para-hydroxylation sites is 1. The van der Waals surface area contributed by atoms with E-state index in [-0.39, 0.29) is 5.43 Å². The van der Waals surface area contributed by atoms with Crippen LogP contribution in [0, 0.1) is 0 Å². The number of anilines is 2. The van der Waals surface area contributed by atoms with Crippen molar-refractivity contribution in [2.24, 2.45) is 0 Å². The van der Waals surface area contributed by atoms with Crippen LogP contribution in [-0.4, -0.2) is 26.2 Å². The van der Waals surface area contributed by atoms with E-state index >= 15 is 0 Å². The first-order chi connectivity index (χ1) is 11.7. The van der Waals surface area contributed by atoms with Crippen LogP contribution in [0.2, 0.25) is 0 Å². The van der Waals surface area contributed by atoms with E-state index in [1.54, 1.807) is 24.3 Å². The minimum atomic E-state index is -0.112. The lowest BCUT2D eigenvalue weighted by Gasteiger charge is -2.30. The van der Waals surface area contributed by atoms with Crippen LogP contribution >= 0.6 is 0 Å². The van der Waals surface area contributed by atoms with Gasteiger partial charge in [-0.05, 0) is 24.3 Å². The van der Waals surface area contributed by atoms with Gasteiger partial charge in [0, 0.05) is 49.2 Å². The first-order valence-electron chi connectivity index (χ1n) is 8.11. The third-order valence-corrected chi connectivity index (χ3v) is 4.41. The van der Waals surface area contributed by atoms with Gasteiger partial charge in [-0.1, -0.05) is 18.2 Å². The molecular weight excluding hydrogens is 302 g/mol. The molecular formula is C19H19N3O2. The smallest absolute Gasteiger partial charge is 0.195 e. The van der Waals surface area contributed by atoms with Crippen molar-refractivity contribution in [3.63, 3.8) is 0 Å². The molecule has 1 aliphatic heterocycles. The topological polar surface area (TPSA) is 71.5 Å². The lowest BCUT2D eigenvalue weighted by molar-refractivity contribution is 0.587. The number of hydrogen-bond acceptors (Lipinski definition) is 5. The van der Waals surface area contributed by atoms with E-state index in [0.29, 0.717) is 22.4 Å². The van der Waals surface area contributed by atoms with E-state index in [1.165, 1.54) is 0 Å². The molecule has 1 aromatic heterocycles. The summed E-state index contributed by atoms with van der Waals surface area (Å²) >= 11 is 0. The summed E-state index contributed by atoms with van der Waals surface area (Å²) in [6.45, 7) is 3.77. The largest absolute Gasteiger partial charge is 0.456 e. The van der Waals surface area contributed by atoms with E-state index in [9.17, 15) is 4.79 Å². The highest BCUT2D eigenvalue weighted by atomic mass is 16.3. The maximum atomic E-state index is 12.5. The summed E-state index contributed by atoms with van der Waals surface area (Å²) in [5, 5.41) is 3.80. The van der Waals surface area contributed by atoms with Gasteiger partial charge in [0.25, 0.3) is 0 Å². The molecule has 0 atom stereocenters. The van der Waals surface area contributed by atoms with Crippen molar-refractivity contribution in [1.82, 2.24) is 5.32 Å². The summed E-state index contributed by atoms with van der Waals surface area (Å²) in [5.74, 6) is 0.576. The fourth-order valence-electron chi connectivity index (χ4n) is 3.23. The Labute approximate surface area is 139 Å². The van der Waals surface area contributed by atoms with Crippen LogP contribution in [0.1, 0.15) is 0 Å². The number of nitrogen functional groups attached to an aromatic ring is 1. The summed E-state index contributed by atoms with van der Waals surface area (Å²) in [6, 6.07) is 14.9. The van der Waals surface area contributed by atoms with Gasteiger partial charge in [0.15, 0.2) is 5.43 Å². The third-order valence-electron chi connectivity index (χ3n) is 4.41. The highest BCUT2D eigenvalue weighted by Gasteiger charge is 2.17. The van der Waals surface area contributed by atoms with Crippen LogP contribution in [0.5, 0.6) is 0 Å². The summed E-state index contributed by atoms with van der Waals surface area (Å²) in [6.07, 6.45) is 0. The Kier molecular flexibility index (Phi) is 3.70. The monoisotopic (exact) mass is 321 g/mol. The van der Waals surface area contributed by atoms with E-state index in [0.717, 1.165) is 37.4 Å². The van der Waals surface area contributed by atoms with Gasteiger partial charge in [0.2, 0.25) is 0 Å². The van der Waals surface area contributed by atoms with Crippen LogP contribution in [0.15, 0.2) is 57.7 Å². The van der Waals surface area contributed by atoms with E-state index < -0.39 is 0 Å². The Morgan fingerprint density at radius 2 is 1.83 bits per heavy atom. The van der Waals surface area contributed by atoms with Crippen molar-refractivity contribution in [2.75, 3.05) is 36.8 Å². The van der Waals surface area contributed by atoms with Crippen molar-refractivity contribution < 1.29 is 4.42 Å². The fourth-order valence-corrected chi connectivity index (χ4v) is 3.23. The van der Waals surface area contributed by atoms with Gasteiger partial charge in [-0.2, -0.15) is 0 Å². The Bertz CT molecular complexity index is 943. The Balaban J connectivity index is 1.88. The minimum Gasteiger partial charge on any atom is -0.456 e. The molecule has 0 unspecified atom stereocenters. The normalized spacial score (nSPS) is 14.9. The predicted molar refractivity (Wildman–Crippen MR) is 97.4 cm³/mol. The highest BCUT2D eigenvalue weighted by Crippen LogP contribution is 2.32. The summed E-state index contributed by atoms with van der Waals surface area (Å²) < 4.78 is 6.02. The van der Waals surface area contributed by atoms with E-state index in [2.05, 4.69) is 16.3 Å². The molecule has 3 N–H and O–H groups in total. The Morgan fingerprint density at radius 3 is 2.67 bits per heavy atom. The number of fused-ring (bicyclic) bond motifs is 1. The zero-order valence-corrected chi connectivity index (χ0v) is 13.3. The molecule has 0 saturated carbocycles. The van der Waals surface area contributed by atoms with Crippen LogP contribution in [0.3, 0.4) is 0 Å². The van der Waals surface area contributed by atoms with Gasteiger partial charge in [0.1, 0.15) is 11.3 Å². The lowest BCUT2D eigenvalue weighted by atomic mass is 10.1. The molecule has 3 aromatic rings. The highest BCUT2D eigenvalue weighted by molar-refractivity contribution is 5.90. The van der Waals surface area contributed by atoms with Crippen LogP contribution in [0.4, 0.5) is 11.4 Å². The molecule has 0 spiro atoms. The van der Waals surface area contributed by atoms with Crippen molar-refractivity contribution >= 4 is 22.3 Å². The van der Waals surface area contributed by atoms with Crippen LogP contribution in [-0.2, 0) is 0 Å². The second-order valence-electron chi connectivity index (χ2n) is 5.95.